The van der Waals surface area contributed by atoms with E-state index in [0.29, 0.717) is 6.54 Å². The van der Waals surface area contributed by atoms with Crippen LogP contribution in [-0.4, -0.2) is 12.0 Å². The molecule has 0 saturated carbocycles. The summed E-state index contributed by atoms with van der Waals surface area (Å²) < 4.78 is 5.81. The van der Waals surface area contributed by atoms with Gasteiger partial charge in [0.2, 0.25) is 0 Å². The van der Waals surface area contributed by atoms with Crippen LogP contribution < -0.4 is 10.1 Å². The topological polar surface area (TPSA) is 38.3 Å². The summed E-state index contributed by atoms with van der Waals surface area (Å²) >= 11 is 0. The lowest BCUT2D eigenvalue weighted by Crippen LogP contribution is -2.36. The van der Waals surface area contributed by atoms with Gasteiger partial charge >= 0.3 is 0 Å². The van der Waals surface area contributed by atoms with E-state index in [-0.39, 0.29) is 5.91 Å². The van der Waals surface area contributed by atoms with Gasteiger partial charge in [-0.1, -0.05) is 48.5 Å². The van der Waals surface area contributed by atoms with Crippen LogP contribution in [-0.2, 0) is 11.3 Å². The highest BCUT2D eigenvalue weighted by atomic mass is 16.5. The predicted molar refractivity (Wildman–Crippen MR) is 84.3 cm³/mol. The summed E-state index contributed by atoms with van der Waals surface area (Å²) in [5.74, 6) is 0.682. The van der Waals surface area contributed by atoms with Crippen LogP contribution in [0.4, 0.5) is 0 Å². The van der Waals surface area contributed by atoms with Crippen molar-refractivity contribution in [2.45, 2.75) is 33.4 Å². The molecule has 0 heterocycles. The minimum atomic E-state index is -0.520. The van der Waals surface area contributed by atoms with Crippen LogP contribution in [0.1, 0.15) is 23.6 Å². The average molecular weight is 283 g/mol. The lowest BCUT2D eigenvalue weighted by Gasteiger charge is -2.18. The lowest BCUT2D eigenvalue weighted by atomic mass is 10.1. The summed E-state index contributed by atoms with van der Waals surface area (Å²) in [6, 6.07) is 15.8. The largest absolute Gasteiger partial charge is 0.480 e. The average Bonchev–Trinajstić information content (AvgIpc) is 2.49. The Labute approximate surface area is 126 Å². The number of amides is 1. The van der Waals surface area contributed by atoms with Gasteiger partial charge < -0.3 is 10.1 Å². The number of nitrogens with one attached hydrogen (secondary N) is 1. The van der Waals surface area contributed by atoms with Gasteiger partial charge in [-0.25, -0.2) is 0 Å². The van der Waals surface area contributed by atoms with E-state index in [4.69, 9.17) is 4.74 Å². The maximum atomic E-state index is 12.1. The van der Waals surface area contributed by atoms with E-state index in [0.717, 1.165) is 22.4 Å². The van der Waals surface area contributed by atoms with Crippen LogP contribution in [0.25, 0.3) is 0 Å². The van der Waals surface area contributed by atoms with Crippen molar-refractivity contribution in [3.8, 4) is 5.75 Å². The standard InChI is InChI=1S/C18H21NO2/c1-13-8-7-9-14(2)17(13)21-15(3)18(20)19-12-16-10-5-4-6-11-16/h4-11,15H,12H2,1-3H3,(H,19,20)/t15-/m0/s1. The third-order valence-electron chi connectivity index (χ3n) is 3.38. The Balaban J connectivity index is 1.94. The molecule has 21 heavy (non-hydrogen) atoms. The van der Waals surface area contributed by atoms with Gasteiger partial charge in [0.1, 0.15) is 5.75 Å². The molecule has 1 atom stereocenters. The maximum Gasteiger partial charge on any atom is 0.261 e. The first-order valence-corrected chi connectivity index (χ1v) is 7.12. The summed E-state index contributed by atoms with van der Waals surface area (Å²) in [5.41, 5.74) is 3.15. The Bertz CT molecular complexity index is 588. The van der Waals surface area contributed by atoms with Crippen LogP contribution in [0.15, 0.2) is 48.5 Å². The van der Waals surface area contributed by atoms with Crippen LogP contribution >= 0.6 is 0 Å². The van der Waals surface area contributed by atoms with Gasteiger partial charge in [-0.3, -0.25) is 4.79 Å². The third kappa shape index (κ3) is 4.09. The summed E-state index contributed by atoms with van der Waals surface area (Å²) in [6.07, 6.45) is -0.520. The fraction of sp³-hybridized carbons (Fsp3) is 0.278. The van der Waals surface area contributed by atoms with Gasteiger partial charge in [0.25, 0.3) is 5.91 Å². The Morgan fingerprint density at radius 3 is 2.29 bits per heavy atom. The zero-order valence-corrected chi connectivity index (χ0v) is 12.7. The van der Waals surface area contributed by atoms with Gasteiger partial charge in [-0.2, -0.15) is 0 Å². The SMILES string of the molecule is Cc1cccc(C)c1O[C@@H](C)C(=O)NCc1ccccc1. The monoisotopic (exact) mass is 283 g/mol. The quantitative estimate of drug-likeness (QED) is 0.913. The molecule has 0 aliphatic rings. The second kappa shape index (κ2) is 6.93. The molecule has 0 unspecified atom stereocenters. The molecule has 2 rings (SSSR count). The predicted octanol–water partition coefficient (Wildman–Crippen LogP) is 3.39. The van der Waals surface area contributed by atoms with Crippen molar-refractivity contribution in [1.29, 1.82) is 0 Å². The van der Waals surface area contributed by atoms with Gasteiger partial charge in [0, 0.05) is 6.54 Å². The summed E-state index contributed by atoms with van der Waals surface area (Å²) in [4.78, 5) is 12.1. The van der Waals surface area contributed by atoms with Crippen molar-refractivity contribution in [3.63, 3.8) is 0 Å². The molecular formula is C18H21NO2. The lowest BCUT2D eigenvalue weighted by molar-refractivity contribution is -0.127. The van der Waals surface area contributed by atoms with Crippen molar-refractivity contribution < 1.29 is 9.53 Å². The van der Waals surface area contributed by atoms with E-state index in [1.807, 2.05) is 62.4 Å². The first-order valence-electron chi connectivity index (χ1n) is 7.12. The fourth-order valence-corrected chi connectivity index (χ4v) is 2.14. The highest BCUT2D eigenvalue weighted by Gasteiger charge is 2.16. The molecule has 2 aromatic carbocycles. The Hall–Kier alpha value is -2.29. The van der Waals surface area contributed by atoms with E-state index >= 15 is 0 Å². The molecule has 0 aliphatic heterocycles. The van der Waals surface area contributed by atoms with Crippen molar-refractivity contribution >= 4 is 5.91 Å². The molecule has 0 aliphatic carbocycles. The van der Waals surface area contributed by atoms with Crippen LogP contribution in [0, 0.1) is 13.8 Å². The van der Waals surface area contributed by atoms with Crippen molar-refractivity contribution in [2.24, 2.45) is 0 Å². The summed E-state index contributed by atoms with van der Waals surface area (Å²) in [7, 11) is 0. The number of hydrogen-bond donors (Lipinski definition) is 1. The number of carbonyl (C=O) groups is 1. The number of hydrogen-bond acceptors (Lipinski definition) is 2. The highest BCUT2D eigenvalue weighted by molar-refractivity contribution is 5.80. The maximum absolute atomic E-state index is 12.1. The number of carbonyl (C=O) groups excluding carboxylic acids is 1. The highest BCUT2D eigenvalue weighted by Crippen LogP contribution is 2.23. The smallest absolute Gasteiger partial charge is 0.261 e. The number of para-hydroxylation sites is 1. The van der Waals surface area contributed by atoms with Crippen LogP contribution in [0.5, 0.6) is 5.75 Å². The van der Waals surface area contributed by atoms with Crippen molar-refractivity contribution in [3.05, 3.63) is 65.2 Å². The fourth-order valence-electron chi connectivity index (χ4n) is 2.14. The minimum Gasteiger partial charge on any atom is -0.480 e. The second-order valence-corrected chi connectivity index (χ2v) is 5.18. The van der Waals surface area contributed by atoms with Gasteiger partial charge in [0.05, 0.1) is 0 Å². The zero-order chi connectivity index (χ0) is 15.2. The Morgan fingerprint density at radius 2 is 1.67 bits per heavy atom. The number of benzene rings is 2. The molecule has 0 spiro atoms. The van der Waals surface area contributed by atoms with E-state index in [1.165, 1.54) is 0 Å². The molecule has 0 fully saturated rings. The third-order valence-corrected chi connectivity index (χ3v) is 3.38. The van der Waals surface area contributed by atoms with E-state index in [2.05, 4.69) is 5.32 Å². The molecule has 0 bridgehead atoms. The Kier molecular flexibility index (Phi) is 4.99. The normalized spacial score (nSPS) is 11.8. The molecule has 0 radical (unpaired) electrons. The van der Waals surface area contributed by atoms with E-state index in [9.17, 15) is 4.79 Å². The molecule has 1 N–H and O–H groups in total. The van der Waals surface area contributed by atoms with Gasteiger partial charge in [-0.15, -0.1) is 0 Å². The van der Waals surface area contributed by atoms with Crippen molar-refractivity contribution in [1.82, 2.24) is 5.32 Å². The first kappa shape index (κ1) is 15.1. The van der Waals surface area contributed by atoms with Crippen LogP contribution in [0.2, 0.25) is 0 Å². The molecule has 0 aromatic heterocycles. The molecule has 110 valence electrons. The molecular weight excluding hydrogens is 262 g/mol. The van der Waals surface area contributed by atoms with E-state index in [1.54, 1.807) is 6.92 Å². The van der Waals surface area contributed by atoms with Crippen molar-refractivity contribution in [2.75, 3.05) is 0 Å². The summed E-state index contributed by atoms with van der Waals surface area (Å²) in [5, 5.41) is 2.89. The van der Waals surface area contributed by atoms with E-state index < -0.39 is 6.10 Å². The van der Waals surface area contributed by atoms with Gasteiger partial charge in [0.15, 0.2) is 6.10 Å². The molecule has 3 nitrogen and oxygen atoms in total. The van der Waals surface area contributed by atoms with Crippen LogP contribution in [0.3, 0.4) is 0 Å². The molecule has 1 amide bonds. The second-order valence-electron chi connectivity index (χ2n) is 5.18. The molecule has 3 heteroatoms. The minimum absolute atomic E-state index is 0.110. The number of aryl methyl sites for hydroxylation is 2. The zero-order valence-electron chi connectivity index (χ0n) is 12.7. The molecule has 0 saturated heterocycles. The summed E-state index contributed by atoms with van der Waals surface area (Å²) in [6.45, 7) is 6.25. The van der Waals surface area contributed by atoms with Gasteiger partial charge in [-0.05, 0) is 37.5 Å². The first-order chi connectivity index (χ1) is 10.1. The molecule has 2 aromatic rings. The number of ether oxygens (including phenoxy) is 1. The Morgan fingerprint density at radius 1 is 1.05 bits per heavy atom. The number of rotatable bonds is 5.